The van der Waals surface area contributed by atoms with Crippen LogP contribution in [0.4, 0.5) is 5.69 Å². The van der Waals surface area contributed by atoms with Crippen molar-refractivity contribution in [2.75, 3.05) is 5.32 Å². The van der Waals surface area contributed by atoms with E-state index < -0.39 is 0 Å². The van der Waals surface area contributed by atoms with Crippen LogP contribution >= 0.6 is 0 Å². The van der Waals surface area contributed by atoms with Crippen LogP contribution < -0.4 is 10.1 Å². The van der Waals surface area contributed by atoms with E-state index in [1.807, 2.05) is 26.8 Å². The summed E-state index contributed by atoms with van der Waals surface area (Å²) in [5, 5.41) is 11.2. The summed E-state index contributed by atoms with van der Waals surface area (Å²) in [6, 6.07) is 10.8. The average molecular weight is 432 g/mol. The van der Waals surface area contributed by atoms with E-state index in [2.05, 4.69) is 25.5 Å². The highest BCUT2D eigenvalue weighted by atomic mass is 16.5. The van der Waals surface area contributed by atoms with Crippen LogP contribution in [-0.2, 0) is 11.2 Å². The maximum Gasteiger partial charge on any atom is 0.228 e. The highest BCUT2D eigenvalue weighted by molar-refractivity contribution is 5.92. The number of carbonyl (C=O) groups is 1. The monoisotopic (exact) mass is 432 g/mol. The van der Waals surface area contributed by atoms with Crippen molar-refractivity contribution in [2.45, 2.75) is 41.0 Å². The molecule has 0 saturated carbocycles. The molecular weight excluding hydrogens is 408 g/mol. The van der Waals surface area contributed by atoms with Crippen molar-refractivity contribution in [3.8, 4) is 17.4 Å². The Bertz CT molecular complexity index is 1250. The van der Waals surface area contributed by atoms with Crippen molar-refractivity contribution in [3.05, 3.63) is 70.6 Å². The molecule has 0 aliphatic heterocycles. The molecule has 9 nitrogen and oxygen atoms in total. The smallest absolute Gasteiger partial charge is 0.228 e. The molecule has 0 atom stereocenters. The third-order valence-corrected chi connectivity index (χ3v) is 4.91. The summed E-state index contributed by atoms with van der Waals surface area (Å²) >= 11 is 0. The fourth-order valence-corrected chi connectivity index (χ4v) is 3.39. The summed E-state index contributed by atoms with van der Waals surface area (Å²) in [7, 11) is 0. The SMILES string of the molecule is Cc1cc(C)n(-c2cc(Oc3ccc(NC(=O)Cc4c(C)noc4C)cc3)nc(C)n2)n1. The van der Waals surface area contributed by atoms with Crippen molar-refractivity contribution >= 4 is 11.6 Å². The van der Waals surface area contributed by atoms with E-state index in [1.54, 1.807) is 48.9 Å². The summed E-state index contributed by atoms with van der Waals surface area (Å²) < 4.78 is 12.8. The van der Waals surface area contributed by atoms with Gasteiger partial charge in [0, 0.05) is 23.0 Å². The first-order valence-corrected chi connectivity index (χ1v) is 10.2. The average Bonchev–Trinajstić information content (AvgIpc) is 3.24. The van der Waals surface area contributed by atoms with Gasteiger partial charge in [-0.25, -0.2) is 9.67 Å². The molecule has 164 valence electrons. The highest BCUT2D eigenvalue weighted by Crippen LogP contribution is 2.24. The molecule has 9 heteroatoms. The van der Waals surface area contributed by atoms with Gasteiger partial charge in [-0.3, -0.25) is 4.79 Å². The zero-order valence-corrected chi connectivity index (χ0v) is 18.6. The van der Waals surface area contributed by atoms with Crippen LogP contribution in [-0.4, -0.2) is 30.8 Å². The molecule has 0 bridgehead atoms. The number of nitrogens with one attached hydrogen (secondary N) is 1. The standard InChI is InChI=1S/C23H24N6O3/c1-13-10-14(2)29(27-13)21-12-23(25-17(5)24-21)31-19-8-6-18(7-9-19)26-22(30)11-20-15(3)28-32-16(20)4/h6-10,12H,11H2,1-5H3,(H,26,30). The van der Waals surface area contributed by atoms with Crippen LogP contribution in [0.1, 0.15) is 34.2 Å². The van der Waals surface area contributed by atoms with Crippen LogP contribution in [0.2, 0.25) is 0 Å². The molecule has 0 saturated heterocycles. The first-order valence-electron chi connectivity index (χ1n) is 10.2. The quantitative estimate of drug-likeness (QED) is 0.487. The number of carbonyl (C=O) groups excluding carboxylic acids is 1. The van der Waals surface area contributed by atoms with Gasteiger partial charge >= 0.3 is 0 Å². The molecule has 0 unspecified atom stereocenters. The normalized spacial score (nSPS) is 10.9. The molecule has 1 aromatic carbocycles. The second-order valence-electron chi connectivity index (χ2n) is 7.60. The third-order valence-electron chi connectivity index (χ3n) is 4.91. The predicted octanol–water partition coefficient (Wildman–Crippen LogP) is 4.17. The number of rotatable bonds is 6. The number of aromatic nitrogens is 5. The van der Waals surface area contributed by atoms with Gasteiger partial charge < -0.3 is 14.6 Å². The van der Waals surface area contributed by atoms with E-state index in [1.165, 1.54) is 0 Å². The lowest BCUT2D eigenvalue weighted by molar-refractivity contribution is -0.115. The lowest BCUT2D eigenvalue weighted by atomic mass is 10.1. The number of amides is 1. The number of benzene rings is 1. The van der Waals surface area contributed by atoms with Gasteiger partial charge in [-0.2, -0.15) is 10.1 Å². The maximum absolute atomic E-state index is 12.4. The van der Waals surface area contributed by atoms with Crippen LogP contribution in [0.5, 0.6) is 11.6 Å². The van der Waals surface area contributed by atoms with Gasteiger partial charge in [0.15, 0.2) is 5.82 Å². The Balaban J connectivity index is 1.45. The fourth-order valence-electron chi connectivity index (χ4n) is 3.39. The third kappa shape index (κ3) is 4.66. The number of anilines is 1. The Morgan fingerprint density at radius 2 is 1.81 bits per heavy atom. The van der Waals surface area contributed by atoms with Crippen molar-refractivity contribution < 1.29 is 14.1 Å². The van der Waals surface area contributed by atoms with Crippen LogP contribution in [0.3, 0.4) is 0 Å². The lowest BCUT2D eigenvalue weighted by Crippen LogP contribution is -2.15. The Hall–Kier alpha value is -4.01. The molecule has 0 spiro atoms. The van der Waals surface area contributed by atoms with Gasteiger partial charge in [0.2, 0.25) is 11.8 Å². The largest absolute Gasteiger partial charge is 0.439 e. The topological polar surface area (TPSA) is 108 Å². The molecule has 1 amide bonds. The predicted molar refractivity (Wildman–Crippen MR) is 118 cm³/mol. The van der Waals surface area contributed by atoms with E-state index in [-0.39, 0.29) is 12.3 Å². The summed E-state index contributed by atoms with van der Waals surface area (Å²) in [6.07, 6.45) is 0.203. The second kappa shape index (κ2) is 8.62. The molecule has 0 fully saturated rings. The number of ether oxygens (including phenoxy) is 1. The summed E-state index contributed by atoms with van der Waals surface area (Å²) in [4.78, 5) is 21.2. The molecule has 1 N–H and O–H groups in total. The molecule has 0 radical (unpaired) electrons. The zero-order chi connectivity index (χ0) is 22.8. The van der Waals surface area contributed by atoms with Crippen LogP contribution in [0.15, 0.2) is 40.9 Å². The van der Waals surface area contributed by atoms with Crippen molar-refractivity contribution in [2.24, 2.45) is 0 Å². The summed E-state index contributed by atoms with van der Waals surface area (Å²) in [6.45, 7) is 9.32. The lowest BCUT2D eigenvalue weighted by Gasteiger charge is -2.10. The minimum absolute atomic E-state index is 0.144. The van der Waals surface area contributed by atoms with Crippen LogP contribution in [0.25, 0.3) is 5.82 Å². The molecule has 32 heavy (non-hydrogen) atoms. The van der Waals surface area contributed by atoms with Crippen LogP contribution in [0, 0.1) is 34.6 Å². The Morgan fingerprint density at radius 3 is 2.44 bits per heavy atom. The van der Waals surface area contributed by atoms with E-state index in [0.29, 0.717) is 34.7 Å². The molecule has 4 rings (SSSR count). The fraction of sp³-hybridized carbons (Fsp3) is 0.261. The van der Waals surface area contributed by atoms with Gasteiger partial charge in [-0.15, -0.1) is 0 Å². The number of nitrogens with zero attached hydrogens (tertiary/aromatic N) is 5. The Morgan fingerprint density at radius 1 is 1.06 bits per heavy atom. The summed E-state index contributed by atoms with van der Waals surface area (Å²) in [5.74, 6) is 2.73. The van der Waals surface area contributed by atoms with Crippen molar-refractivity contribution in [1.29, 1.82) is 0 Å². The van der Waals surface area contributed by atoms with Gasteiger partial charge in [0.1, 0.15) is 17.3 Å². The molecule has 4 aromatic rings. The molecule has 3 heterocycles. The molecule has 0 aliphatic carbocycles. The van der Waals surface area contributed by atoms with E-state index in [9.17, 15) is 4.79 Å². The number of hydrogen-bond acceptors (Lipinski definition) is 7. The van der Waals surface area contributed by atoms with Gasteiger partial charge in [0.25, 0.3) is 0 Å². The molecule has 0 aliphatic rings. The van der Waals surface area contributed by atoms with Gasteiger partial charge in [-0.05, 0) is 65.0 Å². The maximum atomic E-state index is 12.4. The first kappa shape index (κ1) is 21.2. The minimum atomic E-state index is -0.144. The second-order valence-corrected chi connectivity index (χ2v) is 7.60. The van der Waals surface area contributed by atoms with E-state index >= 15 is 0 Å². The minimum Gasteiger partial charge on any atom is -0.439 e. The zero-order valence-electron chi connectivity index (χ0n) is 18.6. The number of hydrogen-bond donors (Lipinski definition) is 1. The summed E-state index contributed by atoms with van der Waals surface area (Å²) in [5.41, 5.74) is 4.08. The van der Waals surface area contributed by atoms with Crippen molar-refractivity contribution in [1.82, 2.24) is 24.9 Å². The molecule has 3 aromatic heterocycles. The highest BCUT2D eigenvalue weighted by Gasteiger charge is 2.14. The van der Waals surface area contributed by atoms with Gasteiger partial charge in [-0.1, -0.05) is 5.16 Å². The molecular formula is C23H24N6O3. The Kier molecular flexibility index (Phi) is 5.72. The van der Waals surface area contributed by atoms with E-state index in [4.69, 9.17) is 9.26 Å². The number of aryl methyl sites for hydroxylation is 5. The van der Waals surface area contributed by atoms with E-state index in [0.717, 1.165) is 22.6 Å². The Labute approximate surface area is 185 Å². The van der Waals surface area contributed by atoms with Gasteiger partial charge in [0.05, 0.1) is 17.8 Å². The van der Waals surface area contributed by atoms with Crippen molar-refractivity contribution in [3.63, 3.8) is 0 Å². The first-order chi connectivity index (χ1) is 15.3.